The van der Waals surface area contributed by atoms with Crippen molar-refractivity contribution >= 4 is 27.5 Å². The number of methoxy groups -OCH3 is 1. The lowest BCUT2D eigenvalue weighted by atomic mass is 10.1. The first-order valence-corrected chi connectivity index (χ1v) is 15.8. The van der Waals surface area contributed by atoms with E-state index in [1.807, 2.05) is 58.9 Å². The number of nitrogens with one attached hydrogen (secondary N) is 1. The Morgan fingerprint density at radius 3 is 2.14 bits per heavy atom. The van der Waals surface area contributed by atoms with Crippen LogP contribution in [-0.4, -0.2) is 51.4 Å². The molecule has 0 heterocycles. The first kappa shape index (κ1) is 32.7. The van der Waals surface area contributed by atoms with Gasteiger partial charge in [-0.15, -0.1) is 0 Å². The monoisotopic (exact) mass is 593 g/mol. The number of benzene rings is 3. The predicted octanol–water partition coefficient (Wildman–Crippen LogP) is 5.34. The SMILES string of the molecule is CCc1ccccc1N(CC(=O)N(Cc1ccc(OC)cc1)C(CC)C(=O)NCC(C)C)S(=O)(=O)c1ccc(C)cc1. The Morgan fingerprint density at radius 1 is 0.929 bits per heavy atom. The standard InChI is InChI=1S/C33H43N3O5S/c1-7-27-11-9-10-12-31(27)36(42(39,40)29-19-13-25(5)14-20-29)23-32(37)35(22-26-15-17-28(41-6)18-16-26)30(8-2)33(38)34-21-24(3)4/h9-20,24,30H,7-8,21-23H2,1-6H3,(H,34,38). The van der Waals surface area contributed by atoms with Gasteiger partial charge in [0, 0.05) is 13.1 Å². The van der Waals surface area contributed by atoms with E-state index in [0.29, 0.717) is 30.8 Å². The number of hydrogen-bond donors (Lipinski definition) is 1. The highest BCUT2D eigenvalue weighted by atomic mass is 32.2. The van der Waals surface area contributed by atoms with Gasteiger partial charge in [0.1, 0.15) is 18.3 Å². The van der Waals surface area contributed by atoms with Crippen LogP contribution in [0.15, 0.2) is 77.7 Å². The van der Waals surface area contributed by atoms with Gasteiger partial charge in [0.25, 0.3) is 10.0 Å². The van der Waals surface area contributed by atoms with E-state index in [4.69, 9.17) is 4.74 Å². The molecule has 0 radical (unpaired) electrons. The summed E-state index contributed by atoms with van der Waals surface area (Å²) in [6.45, 7) is 9.82. The summed E-state index contributed by atoms with van der Waals surface area (Å²) in [7, 11) is -2.54. The lowest BCUT2D eigenvalue weighted by Gasteiger charge is -2.34. The number of carbonyl (C=O) groups is 2. The summed E-state index contributed by atoms with van der Waals surface area (Å²) in [4.78, 5) is 29.2. The molecule has 0 aromatic heterocycles. The van der Waals surface area contributed by atoms with Crippen LogP contribution >= 0.6 is 0 Å². The van der Waals surface area contributed by atoms with Gasteiger partial charge in [0.05, 0.1) is 17.7 Å². The Balaban J connectivity index is 2.08. The van der Waals surface area contributed by atoms with E-state index in [1.165, 1.54) is 9.21 Å². The third-order valence-electron chi connectivity index (χ3n) is 7.11. The van der Waals surface area contributed by atoms with Crippen molar-refractivity contribution in [3.05, 3.63) is 89.5 Å². The second kappa shape index (κ2) is 14.9. The van der Waals surface area contributed by atoms with E-state index in [-0.39, 0.29) is 23.3 Å². The highest BCUT2D eigenvalue weighted by Crippen LogP contribution is 2.28. The van der Waals surface area contributed by atoms with E-state index in [0.717, 1.165) is 16.7 Å². The van der Waals surface area contributed by atoms with Crippen molar-refractivity contribution in [2.75, 3.05) is 24.5 Å². The fourth-order valence-corrected chi connectivity index (χ4v) is 6.13. The quantitative estimate of drug-likeness (QED) is 0.272. The van der Waals surface area contributed by atoms with Crippen LogP contribution < -0.4 is 14.4 Å². The fourth-order valence-electron chi connectivity index (χ4n) is 4.67. The van der Waals surface area contributed by atoms with Crippen LogP contribution in [0.25, 0.3) is 0 Å². The maximum Gasteiger partial charge on any atom is 0.264 e. The van der Waals surface area contributed by atoms with Crippen molar-refractivity contribution in [3.8, 4) is 5.75 Å². The Kier molecular flexibility index (Phi) is 11.6. The van der Waals surface area contributed by atoms with Crippen molar-refractivity contribution < 1.29 is 22.7 Å². The van der Waals surface area contributed by atoms with E-state index < -0.39 is 28.5 Å². The van der Waals surface area contributed by atoms with Gasteiger partial charge in [-0.05, 0) is 67.1 Å². The molecule has 226 valence electrons. The van der Waals surface area contributed by atoms with Gasteiger partial charge in [0.2, 0.25) is 11.8 Å². The van der Waals surface area contributed by atoms with Crippen molar-refractivity contribution in [2.24, 2.45) is 5.92 Å². The molecular formula is C33H43N3O5S. The van der Waals surface area contributed by atoms with Gasteiger partial charge in [-0.2, -0.15) is 0 Å². The molecule has 0 bridgehead atoms. The number of para-hydroxylation sites is 1. The Hall–Kier alpha value is -3.85. The van der Waals surface area contributed by atoms with Crippen LogP contribution in [0.3, 0.4) is 0 Å². The lowest BCUT2D eigenvalue weighted by Crippen LogP contribution is -2.52. The molecule has 3 aromatic rings. The smallest absolute Gasteiger partial charge is 0.264 e. The number of nitrogens with zero attached hydrogens (tertiary/aromatic N) is 2. The van der Waals surface area contributed by atoms with E-state index in [1.54, 1.807) is 55.6 Å². The number of anilines is 1. The van der Waals surface area contributed by atoms with Crippen molar-refractivity contribution in [1.82, 2.24) is 10.2 Å². The maximum absolute atomic E-state index is 14.2. The average Bonchev–Trinajstić information content (AvgIpc) is 2.99. The summed E-state index contributed by atoms with van der Waals surface area (Å²) in [6.07, 6.45) is 0.942. The van der Waals surface area contributed by atoms with Crippen LogP contribution in [0.2, 0.25) is 0 Å². The van der Waals surface area contributed by atoms with Gasteiger partial charge in [-0.1, -0.05) is 75.7 Å². The van der Waals surface area contributed by atoms with Gasteiger partial charge >= 0.3 is 0 Å². The molecule has 0 aliphatic carbocycles. The van der Waals surface area contributed by atoms with Crippen molar-refractivity contribution in [1.29, 1.82) is 0 Å². The van der Waals surface area contributed by atoms with Gasteiger partial charge in [-0.3, -0.25) is 13.9 Å². The summed E-state index contributed by atoms with van der Waals surface area (Å²) in [5, 5.41) is 2.95. The zero-order valence-electron chi connectivity index (χ0n) is 25.5. The van der Waals surface area contributed by atoms with Crippen molar-refractivity contribution in [3.63, 3.8) is 0 Å². The molecular weight excluding hydrogens is 550 g/mol. The molecule has 0 aliphatic heterocycles. The molecule has 1 atom stereocenters. The number of ether oxygens (including phenoxy) is 1. The lowest BCUT2D eigenvalue weighted by molar-refractivity contribution is -0.140. The summed E-state index contributed by atoms with van der Waals surface area (Å²) < 4.78 is 34.7. The van der Waals surface area contributed by atoms with Crippen LogP contribution in [0.1, 0.15) is 50.8 Å². The summed E-state index contributed by atoms with van der Waals surface area (Å²) in [5.41, 5.74) is 2.95. The molecule has 8 nitrogen and oxygen atoms in total. The molecule has 1 unspecified atom stereocenters. The molecule has 0 saturated carbocycles. The molecule has 0 fully saturated rings. The van der Waals surface area contributed by atoms with Gasteiger partial charge < -0.3 is 15.0 Å². The summed E-state index contributed by atoms with van der Waals surface area (Å²) in [5.74, 6) is 0.164. The van der Waals surface area contributed by atoms with Crippen LogP contribution in [0.4, 0.5) is 5.69 Å². The third-order valence-corrected chi connectivity index (χ3v) is 8.89. The number of hydrogen-bond acceptors (Lipinski definition) is 5. The highest BCUT2D eigenvalue weighted by molar-refractivity contribution is 7.92. The number of aryl methyl sites for hydroxylation is 2. The first-order valence-electron chi connectivity index (χ1n) is 14.4. The third kappa shape index (κ3) is 8.12. The molecule has 0 aliphatic rings. The topological polar surface area (TPSA) is 96.0 Å². The zero-order valence-corrected chi connectivity index (χ0v) is 26.3. The molecule has 1 N–H and O–H groups in total. The average molecular weight is 594 g/mol. The summed E-state index contributed by atoms with van der Waals surface area (Å²) >= 11 is 0. The molecule has 42 heavy (non-hydrogen) atoms. The largest absolute Gasteiger partial charge is 0.497 e. The number of carbonyl (C=O) groups excluding carboxylic acids is 2. The second-order valence-corrected chi connectivity index (χ2v) is 12.6. The highest BCUT2D eigenvalue weighted by Gasteiger charge is 2.34. The number of amides is 2. The maximum atomic E-state index is 14.2. The number of rotatable bonds is 14. The fraction of sp³-hybridized carbons (Fsp3) is 0.394. The summed E-state index contributed by atoms with van der Waals surface area (Å²) in [6, 6.07) is 20.3. The molecule has 3 aromatic carbocycles. The Bertz CT molecular complexity index is 1440. The van der Waals surface area contributed by atoms with E-state index in [9.17, 15) is 18.0 Å². The first-order chi connectivity index (χ1) is 20.0. The number of sulfonamides is 1. The minimum atomic E-state index is -4.12. The predicted molar refractivity (Wildman–Crippen MR) is 167 cm³/mol. The second-order valence-electron chi connectivity index (χ2n) is 10.7. The minimum Gasteiger partial charge on any atom is -0.497 e. The Labute approximate surface area is 250 Å². The Morgan fingerprint density at radius 2 is 1.57 bits per heavy atom. The molecule has 0 saturated heterocycles. The van der Waals surface area contributed by atoms with Crippen molar-refractivity contribution in [2.45, 2.75) is 64.9 Å². The van der Waals surface area contributed by atoms with E-state index >= 15 is 0 Å². The molecule has 3 rings (SSSR count). The van der Waals surface area contributed by atoms with E-state index in [2.05, 4.69) is 5.32 Å². The van der Waals surface area contributed by atoms with Gasteiger partial charge in [0.15, 0.2) is 0 Å². The normalized spacial score (nSPS) is 12.1. The molecule has 2 amide bonds. The molecule has 9 heteroatoms. The van der Waals surface area contributed by atoms with Gasteiger partial charge in [-0.25, -0.2) is 8.42 Å². The zero-order chi connectivity index (χ0) is 30.9. The molecule has 0 spiro atoms. The van der Waals surface area contributed by atoms with Crippen LogP contribution in [-0.2, 0) is 32.6 Å². The van der Waals surface area contributed by atoms with Crippen LogP contribution in [0.5, 0.6) is 5.75 Å². The van der Waals surface area contributed by atoms with Crippen LogP contribution in [0, 0.1) is 12.8 Å². The minimum absolute atomic E-state index is 0.0928.